The zero-order chi connectivity index (χ0) is 13.1. The summed E-state index contributed by atoms with van der Waals surface area (Å²) in [6, 6.07) is 3.19. The molecule has 4 heteroatoms. The van der Waals surface area contributed by atoms with Crippen LogP contribution in [0.25, 0.3) is 0 Å². The SMILES string of the molecule is CCOc1ccc(C2CCC(S)CC2)c(F)c1F. The molecule has 2 rings (SSSR count). The third-order valence-corrected chi connectivity index (χ3v) is 4.03. The highest BCUT2D eigenvalue weighted by Gasteiger charge is 2.25. The highest BCUT2D eigenvalue weighted by atomic mass is 32.1. The van der Waals surface area contributed by atoms with Crippen molar-refractivity contribution in [1.29, 1.82) is 0 Å². The van der Waals surface area contributed by atoms with Crippen molar-refractivity contribution < 1.29 is 13.5 Å². The Balaban J connectivity index is 2.21. The summed E-state index contributed by atoms with van der Waals surface area (Å²) >= 11 is 4.42. The Labute approximate surface area is 112 Å². The van der Waals surface area contributed by atoms with Gasteiger partial charge in [0.2, 0.25) is 5.82 Å². The lowest BCUT2D eigenvalue weighted by atomic mass is 9.83. The first-order valence-corrected chi connectivity index (χ1v) is 6.93. The lowest BCUT2D eigenvalue weighted by Gasteiger charge is -2.26. The smallest absolute Gasteiger partial charge is 0.200 e. The molecule has 1 fully saturated rings. The van der Waals surface area contributed by atoms with E-state index in [-0.39, 0.29) is 11.7 Å². The molecule has 1 aliphatic rings. The zero-order valence-electron chi connectivity index (χ0n) is 10.5. The Bertz CT molecular complexity index is 415. The largest absolute Gasteiger partial charge is 0.491 e. The number of ether oxygens (including phenoxy) is 1. The van der Waals surface area contributed by atoms with E-state index in [0.717, 1.165) is 25.7 Å². The lowest BCUT2D eigenvalue weighted by Crippen LogP contribution is -2.14. The van der Waals surface area contributed by atoms with Gasteiger partial charge in [-0.05, 0) is 50.2 Å². The van der Waals surface area contributed by atoms with Gasteiger partial charge in [0.15, 0.2) is 11.6 Å². The number of halogens is 2. The highest BCUT2D eigenvalue weighted by Crippen LogP contribution is 2.37. The molecule has 0 spiro atoms. The second-order valence-corrected chi connectivity index (χ2v) is 5.45. The van der Waals surface area contributed by atoms with Crippen LogP contribution in [-0.4, -0.2) is 11.9 Å². The van der Waals surface area contributed by atoms with Crippen LogP contribution in [0.5, 0.6) is 5.75 Å². The average Bonchev–Trinajstić information content (AvgIpc) is 2.37. The van der Waals surface area contributed by atoms with Gasteiger partial charge in [0.25, 0.3) is 0 Å². The molecule has 100 valence electrons. The van der Waals surface area contributed by atoms with E-state index in [9.17, 15) is 8.78 Å². The summed E-state index contributed by atoms with van der Waals surface area (Å²) in [7, 11) is 0. The van der Waals surface area contributed by atoms with Gasteiger partial charge in [0.05, 0.1) is 6.61 Å². The van der Waals surface area contributed by atoms with E-state index >= 15 is 0 Å². The van der Waals surface area contributed by atoms with E-state index in [0.29, 0.717) is 17.4 Å². The molecule has 0 radical (unpaired) electrons. The summed E-state index contributed by atoms with van der Waals surface area (Å²) < 4.78 is 32.8. The Morgan fingerprint density at radius 1 is 1.17 bits per heavy atom. The van der Waals surface area contributed by atoms with Crippen molar-refractivity contribution in [3.8, 4) is 5.75 Å². The van der Waals surface area contributed by atoms with Gasteiger partial charge in [0, 0.05) is 5.25 Å². The van der Waals surface area contributed by atoms with Crippen molar-refractivity contribution in [2.45, 2.75) is 43.8 Å². The van der Waals surface area contributed by atoms with Crippen LogP contribution in [0.4, 0.5) is 8.78 Å². The van der Waals surface area contributed by atoms with Crippen LogP contribution in [-0.2, 0) is 0 Å². The molecule has 0 heterocycles. The third kappa shape index (κ3) is 2.79. The number of hydrogen-bond acceptors (Lipinski definition) is 2. The molecular weight excluding hydrogens is 254 g/mol. The minimum Gasteiger partial charge on any atom is -0.491 e. The molecule has 0 atom stereocenters. The first kappa shape index (κ1) is 13.7. The number of thiol groups is 1. The number of benzene rings is 1. The van der Waals surface area contributed by atoms with Gasteiger partial charge < -0.3 is 4.74 Å². The molecule has 0 aromatic heterocycles. The predicted molar refractivity (Wildman–Crippen MR) is 71.5 cm³/mol. The molecule has 0 saturated heterocycles. The average molecular weight is 272 g/mol. The van der Waals surface area contributed by atoms with Crippen molar-refractivity contribution in [1.82, 2.24) is 0 Å². The maximum Gasteiger partial charge on any atom is 0.200 e. The molecule has 0 unspecified atom stereocenters. The van der Waals surface area contributed by atoms with Gasteiger partial charge in [-0.1, -0.05) is 6.07 Å². The minimum absolute atomic E-state index is 0.00151. The summed E-state index contributed by atoms with van der Waals surface area (Å²) in [6.45, 7) is 2.08. The summed E-state index contributed by atoms with van der Waals surface area (Å²) in [6.07, 6.45) is 3.67. The zero-order valence-corrected chi connectivity index (χ0v) is 11.4. The number of rotatable bonds is 3. The fourth-order valence-electron chi connectivity index (χ4n) is 2.52. The van der Waals surface area contributed by atoms with E-state index < -0.39 is 11.6 Å². The fourth-order valence-corrected chi connectivity index (χ4v) is 2.81. The van der Waals surface area contributed by atoms with Crippen LogP contribution >= 0.6 is 12.6 Å². The molecule has 1 aromatic carbocycles. The van der Waals surface area contributed by atoms with Gasteiger partial charge in [-0.25, -0.2) is 4.39 Å². The van der Waals surface area contributed by atoms with Crippen LogP contribution < -0.4 is 4.74 Å². The van der Waals surface area contributed by atoms with Gasteiger partial charge >= 0.3 is 0 Å². The summed E-state index contributed by atoms with van der Waals surface area (Å²) in [5.41, 5.74) is 0.483. The Hall–Kier alpha value is -0.770. The lowest BCUT2D eigenvalue weighted by molar-refractivity contribution is 0.311. The molecule has 1 saturated carbocycles. The second kappa shape index (κ2) is 5.91. The van der Waals surface area contributed by atoms with Crippen molar-refractivity contribution in [3.05, 3.63) is 29.3 Å². The van der Waals surface area contributed by atoms with E-state index in [4.69, 9.17) is 4.74 Å². The minimum atomic E-state index is -0.859. The molecule has 18 heavy (non-hydrogen) atoms. The van der Waals surface area contributed by atoms with Crippen LogP contribution in [0.15, 0.2) is 12.1 Å². The van der Waals surface area contributed by atoms with E-state index in [1.165, 1.54) is 6.07 Å². The van der Waals surface area contributed by atoms with Gasteiger partial charge in [-0.3, -0.25) is 0 Å². The maximum absolute atomic E-state index is 14.0. The van der Waals surface area contributed by atoms with Gasteiger partial charge in [-0.15, -0.1) is 0 Å². The fraction of sp³-hybridized carbons (Fsp3) is 0.571. The second-order valence-electron chi connectivity index (χ2n) is 4.72. The Morgan fingerprint density at radius 2 is 1.83 bits per heavy atom. The van der Waals surface area contributed by atoms with Crippen LogP contribution in [0.1, 0.15) is 44.1 Å². The van der Waals surface area contributed by atoms with Gasteiger partial charge in [-0.2, -0.15) is 17.0 Å². The Morgan fingerprint density at radius 3 is 2.44 bits per heavy atom. The standard InChI is InChI=1S/C14H18F2OS/c1-2-17-12-8-7-11(13(15)14(12)16)9-3-5-10(18)6-4-9/h7-10,18H,2-6H2,1H3. The monoisotopic (exact) mass is 272 g/mol. The highest BCUT2D eigenvalue weighted by molar-refractivity contribution is 7.80. The number of hydrogen-bond donors (Lipinski definition) is 1. The first-order chi connectivity index (χ1) is 8.63. The summed E-state index contributed by atoms with van der Waals surface area (Å²) in [5.74, 6) is -1.49. The molecule has 1 nitrogen and oxygen atoms in total. The van der Waals surface area contributed by atoms with Crippen LogP contribution in [0.3, 0.4) is 0 Å². The van der Waals surface area contributed by atoms with E-state index in [1.807, 2.05) is 0 Å². The summed E-state index contributed by atoms with van der Waals surface area (Å²) in [4.78, 5) is 0. The molecule has 1 aromatic rings. The molecule has 1 aliphatic carbocycles. The third-order valence-electron chi connectivity index (χ3n) is 3.51. The van der Waals surface area contributed by atoms with Crippen LogP contribution in [0, 0.1) is 11.6 Å². The van der Waals surface area contributed by atoms with Crippen LogP contribution in [0.2, 0.25) is 0 Å². The molecule has 0 amide bonds. The van der Waals surface area contributed by atoms with Crippen molar-refractivity contribution in [3.63, 3.8) is 0 Å². The van der Waals surface area contributed by atoms with Crippen molar-refractivity contribution in [2.24, 2.45) is 0 Å². The quantitative estimate of drug-likeness (QED) is 0.806. The first-order valence-electron chi connectivity index (χ1n) is 6.42. The van der Waals surface area contributed by atoms with E-state index in [2.05, 4.69) is 12.6 Å². The van der Waals surface area contributed by atoms with Crippen molar-refractivity contribution in [2.75, 3.05) is 6.61 Å². The molecule has 0 bridgehead atoms. The predicted octanol–water partition coefficient (Wildman–Crippen LogP) is 4.32. The maximum atomic E-state index is 14.0. The Kier molecular flexibility index (Phi) is 4.49. The van der Waals surface area contributed by atoms with Crippen molar-refractivity contribution >= 4 is 12.6 Å². The molecule has 0 aliphatic heterocycles. The topological polar surface area (TPSA) is 9.23 Å². The molecular formula is C14H18F2OS. The van der Waals surface area contributed by atoms with E-state index in [1.54, 1.807) is 13.0 Å². The van der Waals surface area contributed by atoms with Gasteiger partial charge in [0.1, 0.15) is 0 Å². The summed E-state index contributed by atoms with van der Waals surface area (Å²) in [5, 5.41) is 0.400. The molecule has 0 N–H and O–H groups in total. The normalized spacial score (nSPS) is 24.0.